The molecule has 2 aromatic carbocycles. The fourth-order valence-corrected chi connectivity index (χ4v) is 5.12. The first-order valence-corrected chi connectivity index (χ1v) is 10.3. The lowest BCUT2D eigenvalue weighted by Gasteiger charge is -2.45. The van der Waals surface area contributed by atoms with E-state index in [2.05, 4.69) is 37.2 Å². The molecule has 1 aliphatic heterocycles. The summed E-state index contributed by atoms with van der Waals surface area (Å²) in [7, 11) is 0. The summed E-state index contributed by atoms with van der Waals surface area (Å²) in [6.07, 6.45) is 2.60. The Labute approximate surface area is 168 Å². The highest BCUT2D eigenvalue weighted by atomic mass is 79.9. The Morgan fingerprint density at radius 2 is 1.31 bits per heavy atom. The lowest BCUT2D eigenvalue weighted by molar-refractivity contribution is -0.135. The first-order chi connectivity index (χ1) is 12.5. The number of phenolic OH excluding ortho intramolecular Hbond substituents is 2. The zero-order valence-corrected chi connectivity index (χ0v) is 17.1. The average molecular weight is 481 g/mol. The Hall–Kier alpha value is -1.37. The summed E-state index contributed by atoms with van der Waals surface area (Å²) < 4.78 is 1.72. The number of carbonyl (C=O) groups is 1. The maximum Gasteiger partial charge on any atom is 0.142 e. The van der Waals surface area contributed by atoms with Crippen LogP contribution in [0.25, 0.3) is 0 Å². The molecule has 1 aliphatic carbocycles. The van der Waals surface area contributed by atoms with Crippen molar-refractivity contribution in [1.82, 2.24) is 5.32 Å². The van der Waals surface area contributed by atoms with Crippen LogP contribution in [0.1, 0.15) is 42.5 Å². The molecule has 3 N–H and O–H groups in total. The van der Waals surface area contributed by atoms with Crippen LogP contribution in [0.3, 0.4) is 0 Å². The molecule has 0 unspecified atom stereocenters. The maximum absolute atomic E-state index is 13.1. The molecule has 2 fully saturated rings. The van der Waals surface area contributed by atoms with Crippen LogP contribution < -0.4 is 5.32 Å². The van der Waals surface area contributed by atoms with Gasteiger partial charge in [0.05, 0.1) is 0 Å². The molecule has 2 aromatic rings. The van der Waals surface area contributed by atoms with Crippen molar-refractivity contribution in [2.24, 2.45) is 11.8 Å². The van der Waals surface area contributed by atoms with Gasteiger partial charge < -0.3 is 15.5 Å². The molecule has 0 radical (unpaired) electrons. The quantitative estimate of drug-likeness (QED) is 0.566. The second kappa shape index (κ2) is 6.98. The third kappa shape index (κ3) is 3.08. The molecule has 4 nitrogen and oxygen atoms in total. The van der Waals surface area contributed by atoms with Crippen molar-refractivity contribution in [1.29, 1.82) is 0 Å². The molecular formula is C20H19Br2NO3. The van der Waals surface area contributed by atoms with Crippen molar-refractivity contribution in [2.75, 3.05) is 0 Å². The fraction of sp³-hybridized carbons (Fsp3) is 0.350. The Balaban J connectivity index is 1.80. The van der Waals surface area contributed by atoms with E-state index in [9.17, 15) is 15.0 Å². The van der Waals surface area contributed by atoms with Gasteiger partial charge in [-0.15, -0.1) is 0 Å². The largest absolute Gasteiger partial charge is 0.508 e. The summed E-state index contributed by atoms with van der Waals surface area (Å²) in [4.78, 5) is 13.1. The number of phenols is 2. The van der Waals surface area contributed by atoms with Crippen molar-refractivity contribution < 1.29 is 15.0 Å². The molecule has 0 spiro atoms. The van der Waals surface area contributed by atoms with Crippen LogP contribution in [0.5, 0.6) is 11.5 Å². The summed E-state index contributed by atoms with van der Waals surface area (Å²) in [6.45, 7) is 0. The van der Waals surface area contributed by atoms with Gasteiger partial charge in [0.25, 0.3) is 0 Å². The van der Waals surface area contributed by atoms with E-state index >= 15 is 0 Å². The van der Waals surface area contributed by atoms with Gasteiger partial charge in [0.2, 0.25) is 0 Å². The predicted octanol–water partition coefficient (Wildman–Crippen LogP) is 4.99. The SMILES string of the molecule is O=C1[C@H]2CCC[C@@H]1[C@@H](c1cc(Br)ccc1O)N[C@H]2c1cc(Br)ccc1O. The smallest absolute Gasteiger partial charge is 0.142 e. The van der Waals surface area contributed by atoms with E-state index < -0.39 is 0 Å². The number of hydrogen-bond donors (Lipinski definition) is 3. The van der Waals surface area contributed by atoms with Crippen molar-refractivity contribution in [3.8, 4) is 11.5 Å². The molecule has 2 bridgehead atoms. The molecule has 1 saturated heterocycles. The van der Waals surface area contributed by atoms with Crippen LogP contribution >= 0.6 is 31.9 Å². The Morgan fingerprint density at radius 3 is 1.77 bits per heavy atom. The van der Waals surface area contributed by atoms with E-state index in [0.717, 1.165) is 39.3 Å². The van der Waals surface area contributed by atoms with Crippen LogP contribution in [0.2, 0.25) is 0 Å². The van der Waals surface area contributed by atoms with E-state index in [1.807, 2.05) is 12.1 Å². The van der Waals surface area contributed by atoms with Crippen LogP contribution in [-0.2, 0) is 4.79 Å². The summed E-state index contributed by atoms with van der Waals surface area (Å²) in [5.74, 6) is 0.280. The molecule has 136 valence electrons. The minimum absolute atomic E-state index is 0.153. The molecule has 0 amide bonds. The average Bonchev–Trinajstić information content (AvgIpc) is 2.60. The van der Waals surface area contributed by atoms with Crippen LogP contribution in [0.15, 0.2) is 45.3 Å². The van der Waals surface area contributed by atoms with Gasteiger partial charge in [-0.3, -0.25) is 4.79 Å². The number of carbonyl (C=O) groups excluding carboxylic acids is 1. The third-order valence-corrected chi connectivity index (χ3v) is 6.56. The van der Waals surface area contributed by atoms with Gasteiger partial charge in [-0.1, -0.05) is 38.3 Å². The van der Waals surface area contributed by atoms with E-state index in [0.29, 0.717) is 0 Å². The van der Waals surface area contributed by atoms with E-state index in [-0.39, 0.29) is 41.2 Å². The third-order valence-electron chi connectivity index (χ3n) is 5.57. The van der Waals surface area contributed by atoms with Gasteiger partial charge in [0.1, 0.15) is 17.3 Å². The zero-order chi connectivity index (χ0) is 18.4. The monoisotopic (exact) mass is 479 g/mol. The second-order valence-electron chi connectivity index (χ2n) is 7.07. The van der Waals surface area contributed by atoms with E-state index in [1.54, 1.807) is 24.3 Å². The Kier molecular flexibility index (Phi) is 4.84. The summed E-state index contributed by atoms with van der Waals surface area (Å²) in [6, 6.07) is 10.0. The predicted molar refractivity (Wildman–Crippen MR) is 106 cm³/mol. The molecule has 26 heavy (non-hydrogen) atoms. The van der Waals surface area contributed by atoms with Crippen LogP contribution in [-0.4, -0.2) is 16.0 Å². The first kappa shape index (κ1) is 18.0. The Bertz CT molecular complexity index is 803. The standard InChI is InChI=1S/C20H19Br2NO3/c21-10-4-6-16(24)14(8-10)18-12-2-1-3-13(20(12)26)19(23-18)15-9-11(22)5-7-17(15)25/h4-9,12-13,18-19,23-25H,1-3H2/t12-,13+,18+,19-. The van der Waals surface area contributed by atoms with Gasteiger partial charge in [-0.25, -0.2) is 0 Å². The first-order valence-electron chi connectivity index (χ1n) is 8.72. The van der Waals surface area contributed by atoms with Crippen molar-refractivity contribution in [3.05, 3.63) is 56.5 Å². The molecule has 0 aromatic heterocycles. The molecule has 1 heterocycles. The zero-order valence-electron chi connectivity index (χ0n) is 14.0. The minimum Gasteiger partial charge on any atom is -0.508 e. The number of rotatable bonds is 2. The summed E-state index contributed by atoms with van der Waals surface area (Å²) in [5.41, 5.74) is 1.44. The number of halogens is 2. The van der Waals surface area contributed by atoms with Gasteiger partial charge >= 0.3 is 0 Å². The number of aromatic hydroxyl groups is 2. The highest BCUT2D eigenvalue weighted by Gasteiger charge is 2.47. The maximum atomic E-state index is 13.1. The number of ketones is 1. The Morgan fingerprint density at radius 1 is 0.846 bits per heavy atom. The number of hydrogen-bond acceptors (Lipinski definition) is 4. The number of Topliss-reactive ketones (excluding diaryl/α,β-unsaturated/α-hetero) is 1. The van der Waals surface area contributed by atoms with E-state index in [4.69, 9.17) is 0 Å². The topological polar surface area (TPSA) is 69.6 Å². The van der Waals surface area contributed by atoms with Crippen LogP contribution in [0, 0.1) is 11.8 Å². The van der Waals surface area contributed by atoms with Gasteiger partial charge in [-0.05, 0) is 49.2 Å². The fourth-order valence-electron chi connectivity index (χ4n) is 4.37. The van der Waals surface area contributed by atoms with Crippen molar-refractivity contribution in [3.63, 3.8) is 0 Å². The number of nitrogens with one attached hydrogen (secondary N) is 1. The minimum atomic E-state index is -0.278. The second-order valence-corrected chi connectivity index (χ2v) is 8.91. The lowest BCUT2D eigenvalue weighted by atomic mass is 9.67. The van der Waals surface area contributed by atoms with Gasteiger partial charge in [0, 0.05) is 44.0 Å². The molecule has 4 rings (SSSR count). The van der Waals surface area contributed by atoms with E-state index in [1.165, 1.54) is 0 Å². The van der Waals surface area contributed by atoms with Gasteiger partial charge in [-0.2, -0.15) is 0 Å². The highest BCUT2D eigenvalue weighted by molar-refractivity contribution is 9.10. The molecule has 4 atom stereocenters. The molecule has 2 aliphatic rings. The molecular weight excluding hydrogens is 462 g/mol. The molecule has 6 heteroatoms. The summed E-state index contributed by atoms with van der Waals surface area (Å²) in [5, 5.41) is 24.4. The van der Waals surface area contributed by atoms with Crippen molar-refractivity contribution in [2.45, 2.75) is 31.3 Å². The van der Waals surface area contributed by atoms with Crippen LogP contribution in [0.4, 0.5) is 0 Å². The molecule has 1 saturated carbocycles. The highest BCUT2D eigenvalue weighted by Crippen LogP contribution is 2.49. The lowest BCUT2D eigenvalue weighted by Crippen LogP contribution is -2.50. The number of piperidine rings is 1. The van der Waals surface area contributed by atoms with Gasteiger partial charge in [0.15, 0.2) is 0 Å². The number of fused-ring (bicyclic) bond motifs is 2. The number of benzene rings is 2. The van der Waals surface area contributed by atoms with Crippen molar-refractivity contribution >= 4 is 37.6 Å². The summed E-state index contributed by atoms with van der Waals surface area (Å²) >= 11 is 6.91. The normalized spacial score (nSPS) is 28.2.